The summed E-state index contributed by atoms with van der Waals surface area (Å²) >= 11 is 3.44. The van der Waals surface area contributed by atoms with Crippen molar-refractivity contribution in [3.05, 3.63) is 70.2 Å². The standard InChI is InChI=1S/C20H15BrN2O/c1-13-3-5-14(6-4-13)17-11-19(15-7-9-16(21)10-8-15)23-20(24-2)18(17)12-22/h3-11H,1-2H3. The zero-order valence-corrected chi connectivity index (χ0v) is 15.0. The molecule has 1 aromatic heterocycles. The smallest absolute Gasteiger partial charge is 0.232 e. The van der Waals surface area contributed by atoms with Gasteiger partial charge < -0.3 is 4.74 Å². The van der Waals surface area contributed by atoms with Crippen molar-refractivity contribution in [2.45, 2.75) is 6.92 Å². The number of hydrogen-bond donors (Lipinski definition) is 0. The molecule has 0 aliphatic rings. The second-order valence-corrected chi connectivity index (χ2v) is 6.34. The highest BCUT2D eigenvalue weighted by atomic mass is 79.9. The average molecular weight is 379 g/mol. The Morgan fingerprint density at radius 1 is 1.00 bits per heavy atom. The van der Waals surface area contributed by atoms with Crippen molar-refractivity contribution in [1.29, 1.82) is 5.26 Å². The molecule has 3 nitrogen and oxygen atoms in total. The molecule has 0 amide bonds. The van der Waals surface area contributed by atoms with Crippen LogP contribution in [0.1, 0.15) is 11.1 Å². The van der Waals surface area contributed by atoms with E-state index < -0.39 is 0 Å². The van der Waals surface area contributed by atoms with Crippen LogP contribution in [0.25, 0.3) is 22.4 Å². The lowest BCUT2D eigenvalue weighted by molar-refractivity contribution is 0.397. The van der Waals surface area contributed by atoms with Crippen molar-refractivity contribution in [2.75, 3.05) is 7.11 Å². The highest BCUT2D eigenvalue weighted by Crippen LogP contribution is 2.33. The fraction of sp³-hybridized carbons (Fsp3) is 0.100. The van der Waals surface area contributed by atoms with E-state index in [2.05, 4.69) is 27.0 Å². The van der Waals surface area contributed by atoms with Crippen LogP contribution in [0.5, 0.6) is 5.88 Å². The molecule has 118 valence electrons. The highest BCUT2D eigenvalue weighted by Gasteiger charge is 2.15. The van der Waals surface area contributed by atoms with Gasteiger partial charge in [-0.15, -0.1) is 0 Å². The molecule has 1 heterocycles. The van der Waals surface area contributed by atoms with Gasteiger partial charge in [0.15, 0.2) is 0 Å². The minimum atomic E-state index is 0.341. The number of aromatic nitrogens is 1. The second-order valence-electron chi connectivity index (χ2n) is 5.42. The summed E-state index contributed by atoms with van der Waals surface area (Å²) in [5, 5.41) is 9.57. The van der Waals surface area contributed by atoms with E-state index in [1.807, 2.05) is 61.5 Å². The molecule has 0 aliphatic heterocycles. The zero-order valence-electron chi connectivity index (χ0n) is 13.4. The minimum Gasteiger partial charge on any atom is -0.480 e. The summed E-state index contributed by atoms with van der Waals surface area (Å²) in [6.07, 6.45) is 0. The third kappa shape index (κ3) is 3.17. The van der Waals surface area contributed by atoms with E-state index in [1.165, 1.54) is 12.7 Å². The lowest BCUT2D eigenvalue weighted by Gasteiger charge is -2.12. The topological polar surface area (TPSA) is 45.9 Å². The first-order valence-corrected chi connectivity index (χ1v) is 8.24. The first-order valence-electron chi connectivity index (χ1n) is 7.44. The normalized spacial score (nSPS) is 10.2. The molecule has 0 saturated heterocycles. The van der Waals surface area contributed by atoms with Gasteiger partial charge in [0.25, 0.3) is 0 Å². The van der Waals surface area contributed by atoms with E-state index in [-0.39, 0.29) is 0 Å². The maximum absolute atomic E-state index is 9.57. The van der Waals surface area contributed by atoms with Gasteiger partial charge in [0, 0.05) is 15.6 Å². The summed E-state index contributed by atoms with van der Waals surface area (Å²) in [5.74, 6) is 0.341. The van der Waals surface area contributed by atoms with Crippen LogP contribution in [-0.2, 0) is 0 Å². The SMILES string of the molecule is COc1nc(-c2ccc(Br)cc2)cc(-c2ccc(C)cc2)c1C#N. The predicted molar refractivity (Wildman–Crippen MR) is 98.8 cm³/mol. The van der Waals surface area contributed by atoms with Gasteiger partial charge in [-0.25, -0.2) is 4.98 Å². The van der Waals surface area contributed by atoms with Gasteiger partial charge in [-0.05, 0) is 30.7 Å². The number of nitrogens with zero attached hydrogens (tertiary/aromatic N) is 2. The first-order chi connectivity index (χ1) is 11.6. The van der Waals surface area contributed by atoms with Crippen molar-refractivity contribution in [3.8, 4) is 34.3 Å². The largest absolute Gasteiger partial charge is 0.480 e. The minimum absolute atomic E-state index is 0.341. The number of benzene rings is 2. The number of halogens is 1. The maximum atomic E-state index is 9.57. The number of nitriles is 1. The van der Waals surface area contributed by atoms with E-state index >= 15 is 0 Å². The summed E-state index contributed by atoms with van der Waals surface area (Å²) in [4.78, 5) is 4.51. The molecule has 3 aromatic rings. The summed E-state index contributed by atoms with van der Waals surface area (Å²) in [6, 6.07) is 20.1. The molecule has 3 rings (SSSR count). The summed E-state index contributed by atoms with van der Waals surface area (Å²) in [6.45, 7) is 2.04. The van der Waals surface area contributed by atoms with Crippen LogP contribution in [0.2, 0.25) is 0 Å². The van der Waals surface area contributed by atoms with Gasteiger partial charge in [0.2, 0.25) is 5.88 Å². The Morgan fingerprint density at radius 3 is 2.21 bits per heavy atom. The Morgan fingerprint density at radius 2 is 1.62 bits per heavy atom. The number of ether oxygens (including phenoxy) is 1. The lowest BCUT2D eigenvalue weighted by atomic mass is 9.98. The van der Waals surface area contributed by atoms with Gasteiger partial charge in [0.05, 0.1) is 12.8 Å². The second kappa shape index (κ2) is 6.86. The summed E-state index contributed by atoms with van der Waals surface area (Å²) < 4.78 is 6.37. The van der Waals surface area contributed by atoms with Gasteiger partial charge in [-0.2, -0.15) is 5.26 Å². The molecule has 0 aliphatic carbocycles. The molecule has 2 aromatic carbocycles. The molecule has 24 heavy (non-hydrogen) atoms. The predicted octanol–water partition coefficient (Wildman–Crippen LogP) is 5.37. The first kappa shape index (κ1) is 16.2. The van der Waals surface area contributed by atoms with Gasteiger partial charge >= 0.3 is 0 Å². The van der Waals surface area contributed by atoms with Crippen LogP contribution >= 0.6 is 15.9 Å². The molecular weight excluding hydrogens is 364 g/mol. The van der Waals surface area contributed by atoms with E-state index in [9.17, 15) is 5.26 Å². The molecule has 0 unspecified atom stereocenters. The van der Waals surface area contributed by atoms with Crippen LogP contribution in [0.4, 0.5) is 0 Å². The third-order valence-electron chi connectivity index (χ3n) is 3.79. The number of rotatable bonds is 3. The molecular formula is C20H15BrN2O. The maximum Gasteiger partial charge on any atom is 0.232 e. The van der Waals surface area contributed by atoms with Gasteiger partial charge in [-0.3, -0.25) is 0 Å². The van der Waals surface area contributed by atoms with Crippen molar-refractivity contribution in [3.63, 3.8) is 0 Å². The summed E-state index contributed by atoms with van der Waals surface area (Å²) in [5.41, 5.74) is 5.15. The van der Waals surface area contributed by atoms with E-state index in [4.69, 9.17) is 4.74 Å². The van der Waals surface area contributed by atoms with Crippen molar-refractivity contribution >= 4 is 15.9 Å². The molecule has 4 heteroatoms. The quantitative estimate of drug-likeness (QED) is 0.615. The Balaban J connectivity index is 2.23. The van der Waals surface area contributed by atoms with E-state index in [0.717, 1.165) is 26.9 Å². The van der Waals surface area contributed by atoms with Crippen LogP contribution < -0.4 is 4.74 Å². The number of methoxy groups -OCH3 is 1. The molecule has 0 radical (unpaired) electrons. The van der Waals surface area contributed by atoms with E-state index in [0.29, 0.717) is 11.4 Å². The van der Waals surface area contributed by atoms with E-state index in [1.54, 1.807) is 0 Å². The van der Waals surface area contributed by atoms with Crippen LogP contribution in [0, 0.1) is 18.3 Å². The fourth-order valence-electron chi connectivity index (χ4n) is 2.51. The number of aryl methyl sites for hydroxylation is 1. The molecule has 0 saturated carbocycles. The van der Waals surface area contributed by atoms with Gasteiger partial charge in [-0.1, -0.05) is 57.9 Å². The average Bonchev–Trinajstić information content (AvgIpc) is 2.62. The van der Waals surface area contributed by atoms with Gasteiger partial charge in [0.1, 0.15) is 11.6 Å². The molecule has 0 fully saturated rings. The Kier molecular flexibility index (Phi) is 4.64. The van der Waals surface area contributed by atoms with Crippen LogP contribution in [0.3, 0.4) is 0 Å². The number of hydrogen-bond acceptors (Lipinski definition) is 3. The van der Waals surface area contributed by atoms with Crippen molar-refractivity contribution in [1.82, 2.24) is 4.98 Å². The van der Waals surface area contributed by atoms with Crippen LogP contribution in [0.15, 0.2) is 59.1 Å². The Hall–Kier alpha value is -2.64. The Labute approximate surface area is 149 Å². The fourth-order valence-corrected chi connectivity index (χ4v) is 2.77. The highest BCUT2D eigenvalue weighted by molar-refractivity contribution is 9.10. The summed E-state index contributed by atoms with van der Waals surface area (Å²) in [7, 11) is 1.54. The monoisotopic (exact) mass is 378 g/mol. The molecule has 0 bridgehead atoms. The number of pyridine rings is 1. The Bertz CT molecular complexity index is 910. The molecule has 0 atom stereocenters. The van der Waals surface area contributed by atoms with Crippen LogP contribution in [-0.4, -0.2) is 12.1 Å². The van der Waals surface area contributed by atoms with Crippen molar-refractivity contribution < 1.29 is 4.74 Å². The molecule has 0 N–H and O–H groups in total. The molecule has 0 spiro atoms. The third-order valence-corrected chi connectivity index (χ3v) is 4.32. The zero-order chi connectivity index (χ0) is 17.1. The van der Waals surface area contributed by atoms with Crippen molar-refractivity contribution in [2.24, 2.45) is 0 Å². The lowest BCUT2D eigenvalue weighted by Crippen LogP contribution is -1.97.